The van der Waals surface area contributed by atoms with Crippen molar-refractivity contribution in [2.24, 2.45) is 0 Å². The Hall–Kier alpha value is -0.300. The molecule has 0 saturated heterocycles. The van der Waals surface area contributed by atoms with Crippen molar-refractivity contribution in [2.75, 3.05) is 6.61 Å². The van der Waals surface area contributed by atoms with Crippen LogP contribution in [0.3, 0.4) is 0 Å². The molecule has 0 aromatic rings. The molecule has 1 heteroatoms. The van der Waals surface area contributed by atoms with Crippen LogP contribution in [0, 0.1) is 0 Å². The first kappa shape index (κ1) is 7.80. The van der Waals surface area contributed by atoms with Gasteiger partial charge in [-0.25, -0.2) is 0 Å². The molecule has 1 aliphatic heterocycles. The van der Waals surface area contributed by atoms with Gasteiger partial charge in [-0.15, -0.1) is 0 Å². The van der Waals surface area contributed by atoms with Crippen LogP contribution in [-0.2, 0) is 4.74 Å². The SMILES string of the molecule is CCC1CC(C)=C(C)CO1. The van der Waals surface area contributed by atoms with Crippen molar-refractivity contribution in [1.82, 2.24) is 0 Å². The Balaban J connectivity index is 2.54. The van der Waals surface area contributed by atoms with E-state index < -0.39 is 0 Å². The van der Waals surface area contributed by atoms with Crippen LogP contribution in [0.4, 0.5) is 0 Å². The second-order valence-electron chi connectivity index (χ2n) is 3.11. The van der Waals surface area contributed by atoms with Crippen molar-refractivity contribution in [3.63, 3.8) is 0 Å². The lowest BCUT2D eigenvalue weighted by atomic mass is 10.0. The lowest BCUT2D eigenvalue weighted by Gasteiger charge is -2.23. The normalized spacial score (nSPS) is 27.3. The lowest BCUT2D eigenvalue weighted by molar-refractivity contribution is 0.0558. The third-order valence-corrected chi connectivity index (χ3v) is 2.25. The van der Waals surface area contributed by atoms with Crippen LogP contribution in [0.15, 0.2) is 11.1 Å². The topological polar surface area (TPSA) is 9.23 Å². The van der Waals surface area contributed by atoms with Crippen LogP contribution in [0.2, 0.25) is 0 Å². The predicted molar refractivity (Wildman–Crippen MR) is 43.0 cm³/mol. The fourth-order valence-corrected chi connectivity index (χ4v) is 1.20. The third kappa shape index (κ3) is 1.60. The van der Waals surface area contributed by atoms with Crippen molar-refractivity contribution in [3.8, 4) is 0 Å². The zero-order chi connectivity index (χ0) is 7.56. The minimum atomic E-state index is 0.490. The molecule has 0 N–H and O–H groups in total. The first-order valence-corrected chi connectivity index (χ1v) is 4.01. The average molecular weight is 140 g/mol. The van der Waals surface area contributed by atoms with Crippen LogP contribution in [0.25, 0.3) is 0 Å². The van der Waals surface area contributed by atoms with Gasteiger partial charge in [0, 0.05) is 0 Å². The Morgan fingerprint density at radius 2 is 2.10 bits per heavy atom. The molecular weight excluding hydrogens is 124 g/mol. The van der Waals surface area contributed by atoms with Crippen LogP contribution >= 0.6 is 0 Å². The quantitative estimate of drug-likeness (QED) is 0.508. The Morgan fingerprint density at radius 1 is 1.40 bits per heavy atom. The molecule has 1 rings (SSSR count). The molecule has 1 aliphatic rings. The molecule has 1 unspecified atom stereocenters. The fourth-order valence-electron chi connectivity index (χ4n) is 1.20. The second kappa shape index (κ2) is 3.20. The lowest BCUT2D eigenvalue weighted by Crippen LogP contribution is -2.19. The first-order chi connectivity index (χ1) is 4.74. The van der Waals surface area contributed by atoms with E-state index in [0.29, 0.717) is 6.10 Å². The van der Waals surface area contributed by atoms with Crippen molar-refractivity contribution in [1.29, 1.82) is 0 Å². The molecule has 0 aromatic heterocycles. The molecule has 0 aromatic carbocycles. The summed E-state index contributed by atoms with van der Waals surface area (Å²) in [6, 6.07) is 0. The Labute approximate surface area is 63.1 Å². The molecule has 0 fully saturated rings. The van der Waals surface area contributed by atoms with Crippen LogP contribution in [-0.4, -0.2) is 12.7 Å². The van der Waals surface area contributed by atoms with Crippen LogP contribution in [0.5, 0.6) is 0 Å². The molecule has 0 saturated carbocycles. The van der Waals surface area contributed by atoms with Gasteiger partial charge in [-0.3, -0.25) is 0 Å². The maximum Gasteiger partial charge on any atom is 0.0680 e. The molecule has 1 heterocycles. The van der Waals surface area contributed by atoms with Crippen molar-refractivity contribution in [3.05, 3.63) is 11.1 Å². The van der Waals surface area contributed by atoms with E-state index in [4.69, 9.17) is 4.74 Å². The molecule has 0 amide bonds. The van der Waals surface area contributed by atoms with E-state index in [1.54, 1.807) is 0 Å². The highest BCUT2D eigenvalue weighted by molar-refractivity contribution is 5.13. The largest absolute Gasteiger partial charge is 0.374 e. The van der Waals surface area contributed by atoms with E-state index in [9.17, 15) is 0 Å². The zero-order valence-corrected chi connectivity index (χ0v) is 7.11. The first-order valence-electron chi connectivity index (χ1n) is 4.01. The second-order valence-corrected chi connectivity index (χ2v) is 3.11. The van der Waals surface area contributed by atoms with Gasteiger partial charge >= 0.3 is 0 Å². The summed E-state index contributed by atoms with van der Waals surface area (Å²) in [5.41, 5.74) is 2.95. The number of rotatable bonds is 1. The molecular formula is C9H16O. The highest BCUT2D eigenvalue weighted by atomic mass is 16.5. The van der Waals surface area contributed by atoms with E-state index in [2.05, 4.69) is 20.8 Å². The van der Waals surface area contributed by atoms with Crippen molar-refractivity contribution < 1.29 is 4.74 Å². The van der Waals surface area contributed by atoms with Gasteiger partial charge in [0.15, 0.2) is 0 Å². The molecule has 0 bridgehead atoms. The smallest absolute Gasteiger partial charge is 0.0680 e. The van der Waals surface area contributed by atoms with Gasteiger partial charge < -0.3 is 4.74 Å². The number of hydrogen-bond acceptors (Lipinski definition) is 1. The molecule has 10 heavy (non-hydrogen) atoms. The Morgan fingerprint density at radius 3 is 2.60 bits per heavy atom. The van der Waals surface area contributed by atoms with Gasteiger partial charge in [-0.05, 0) is 32.3 Å². The summed E-state index contributed by atoms with van der Waals surface area (Å²) in [6.07, 6.45) is 2.77. The number of hydrogen-bond donors (Lipinski definition) is 0. The highest BCUT2D eigenvalue weighted by Gasteiger charge is 2.14. The van der Waals surface area contributed by atoms with E-state index in [1.165, 1.54) is 11.1 Å². The van der Waals surface area contributed by atoms with Crippen LogP contribution in [0.1, 0.15) is 33.6 Å². The summed E-state index contributed by atoms with van der Waals surface area (Å²) in [7, 11) is 0. The van der Waals surface area contributed by atoms with E-state index >= 15 is 0 Å². The van der Waals surface area contributed by atoms with E-state index in [1.807, 2.05) is 0 Å². The maximum atomic E-state index is 5.55. The van der Waals surface area contributed by atoms with Gasteiger partial charge in [0.2, 0.25) is 0 Å². The minimum Gasteiger partial charge on any atom is -0.374 e. The summed E-state index contributed by atoms with van der Waals surface area (Å²) in [4.78, 5) is 0. The van der Waals surface area contributed by atoms with E-state index in [-0.39, 0.29) is 0 Å². The molecule has 0 aliphatic carbocycles. The molecule has 58 valence electrons. The monoisotopic (exact) mass is 140 g/mol. The molecule has 0 radical (unpaired) electrons. The summed E-state index contributed by atoms with van der Waals surface area (Å²) in [6.45, 7) is 7.39. The van der Waals surface area contributed by atoms with Crippen molar-refractivity contribution >= 4 is 0 Å². The summed E-state index contributed by atoms with van der Waals surface area (Å²) >= 11 is 0. The molecule has 1 nitrogen and oxygen atoms in total. The van der Waals surface area contributed by atoms with Gasteiger partial charge in [-0.1, -0.05) is 12.5 Å². The van der Waals surface area contributed by atoms with Gasteiger partial charge in [0.25, 0.3) is 0 Å². The number of ether oxygens (including phenoxy) is 1. The summed E-state index contributed by atoms with van der Waals surface area (Å²) in [5, 5.41) is 0. The Bertz CT molecular complexity index is 147. The predicted octanol–water partition coefficient (Wildman–Crippen LogP) is 2.52. The average Bonchev–Trinajstić information content (AvgIpc) is 1.95. The van der Waals surface area contributed by atoms with Gasteiger partial charge in [0.1, 0.15) is 0 Å². The maximum absolute atomic E-state index is 5.55. The van der Waals surface area contributed by atoms with Crippen LogP contribution < -0.4 is 0 Å². The van der Waals surface area contributed by atoms with Gasteiger partial charge in [-0.2, -0.15) is 0 Å². The molecule has 0 spiro atoms. The fraction of sp³-hybridized carbons (Fsp3) is 0.778. The molecule has 1 atom stereocenters. The summed E-state index contributed by atoms with van der Waals surface area (Å²) in [5.74, 6) is 0. The Kier molecular flexibility index (Phi) is 2.50. The zero-order valence-electron chi connectivity index (χ0n) is 7.11. The highest BCUT2D eigenvalue weighted by Crippen LogP contribution is 2.20. The van der Waals surface area contributed by atoms with E-state index in [0.717, 1.165) is 19.4 Å². The minimum absolute atomic E-state index is 0.490. The standard InChI is InChI=1S/C9H16O/c1-4-9-5-7(2)8(3)6-10-9/h9H,4-6H2,1-3H3. The van der Waals surface area contributed by atoms with Gasteiger partial charge in [0.05, 0.1) is 12.7 Å². The summed E-state index contributed by atoms with van der Waals surface area (Å²) < 4.78 is 5.55. The third-order valence-electron chi connectivity index (χ3n) is 2.25. The van der Waals surface area contributed by atoms with Crippen molar-refractivity contribution in [2.45, 2.75) is 39.7 Å².